The molecule has 37 heavy (non-hydrogen) atoms. The summed E-state index contributed by atoms with van der Waals surface area (Å²) in [6.45, 7) is 3.72. The summed E-state index contributed by atoms with van der Waals surface area (Å²) < 4.78 is 15.8. The SMILES string of the molecule is Cc1ncn(-c2cc(Cl)c(C(=O)NC[C@@H](c3ccc(O)c(F)c3)c3ccc4nc(C)[nH]c4c3)c(Cl)c2)n1. The van der Waals surface area contributed by atoms with E-state index in [0.717, 1.165) is 22.4 Å². The number of aromatic amines is 1. The van der Waals surface area contributed by atoms with Gasteiger partial charge in [0.25, 0.3) is 5.91 Å². The number of nitrogens with one attached hydrogen (secondary N) is 2. The van der Waals surface area contributed by atoms with Gasteiger partial charge in [0.2, 0.25) is 0 Å². The molecule has 0 aliphatic heterocycles. The Morgan fingerprint density at radius 1 is 1.11 bits per heavy atom. The summed E-state index contributed by atoms with van der Waals surface area (Å²) in [5.74, 6) is -0.790. The number of carbonyl (C=O) groups is 1. The number of carbonyl (C=O) groups excluding carboxylic acids is 1. The molecule has 0 aliphatic rings. The van der Waals surface area contributed by atoms with E-state index in [1.165, 1.54) is 23.1 Å². The summed E-state index contributed by atoms with van der Waals surface area (Å²) in [4.78, 5) is 24.9. The summed E-state index contributed by atoms with van der Waals surface area (Å²) in [6, 6.07) is 13.0. The maximum Gasteiger partial charge on any atom is 0.254 e. The zero-order valence-corrected chi connectivity index (χ0v) is 21.3. The number of phenols is 1. The molecule has 1 amide bonds. The average molecular weight is 539 g/mol. The number of imidazole rings is 1. The summed E-state index contributed by atoms with van der Waals surface area (Å²) >= 11 is 12.9. The number of halogens is 3. The van der Waals surface area contributed by atoms with E-state index in [1.54, 1.807) is 25.1 Å². The van der Waals surface area contributed by atoms with Gasteiger partial charge in [0, 0.05) is 12.5 Å². The summed E-state index contributed by atoms with van der Waals surface area (Å²) in [5.41, 5.74) is 3.67. The first kappa shape index (κ1) is 24.7. The normalized spacial score (nSPS) is 12.1. The van der Waals surface area contributed by atoms with E-state index < -0.39 is 23.4 Å². The van der Waals surface area contributed by atoms with E-state index in [9.17, 15) is 14.3 Å². The lowest BCUT2D eigenvalue weighted by molar-refractivity contribution is 0.0952. The van der Waals surface area contributed by atoms with Crippen molar-refractivity contribution >= 4 is 40.1 Å². The fourth-order valence-electron chi connectivity index (χ4n) is 4.20. The highest BCUT2D eigenvalue weighted by Crippen LogP contribution is 2.31. The van der Waals surface area contributed by atoms with Crippen molar-refractivity contribution in [3.8, 4) is 11.4 Å². The summed E-state index contributed by atoms with van der Waals surface area (Å²) in [6.07, 6.45) is 1.52. The molecule has 3 N–H and O–H groups in total. The molecule has 5 aromatic rings. The molecule has 188 valence electrons. The minimum atomic E-state index is -0.752. The molecule has 0 unspecified atom stereocenters. The fraction of sp³-hybridized carbons (Fsp3) is 0.154. The number of hydrogen-bond acceptors (Lipinski definition) is 5. The van der Waals surface area contributed by atoms with Gasteiger partial charge in [-0.15, -0.1) is 0 Å². The van der Waals surface area contributed by atoms with Gasteiger partial charge >= 0.3 is 0 Å². The zero-order chi connectivity index (χ0) is 26.3. The number of H-pyrrole nitrogens is 1. The Hall–Kier alpha value is -3.95. The highest BCUT2D eigenvalue weighted by molar-refractivity contribution is 6.40. The van der Waals surface area contributed by atoms with Crippen molar-refractivity contribution in [2.24, 2.45) is 0 Å². The number of nitrogens with zero attached hydrogens (tertiary/aromatic N) is 4. The molecular weight excluding hydrogens is 518 g/mol. The third kappa shape index (κ3) is 5.00. The third-order valence-corrected chi connectivity index (χ3v) is 6.59. The number of rotatable bonds is 6. The molecule has 0 fully saturated rings. The highest BCUT2D eigenvalue weighted by atomic mass is 35.5. The van der Waals surface area contributed by atoms with E-state index in [0.29, 0.717) is 17.1 Å². The smallest absolute Gasteiger partial charge is 0.254 e. The second-order valence-corrected chi connectivity index (χ2v) is 9.41. The number of hydrogen-bond donors (Lipinski definition) is 3. The number of aryl methyl sites for hydroxylation is 2. The molecule has 0 saturated carbocycles. The van der Waals surface area contributed by atoms with Crippen LogP contribution in [0.1, 0.15) is 39.1 Å². The van der Waals surface area contributed by atoms with Crippen molar-refractivity contribution in [3.05, 3.63) is 99.1 Å². The Morgan fingerprint density at radius 3 is 2.49 bits per heavy atom. The minimum Gasteiger partial charge on any atom is -0.505 e. The monoisotopic (exact) mass is 538 g/mol. The van der Waals surface area contributed by atoms with Gasteiger partial charge in [-0.2, -0.15) is 5.10 Å². The first-order valence-corrected chi connectivity index (χ1v) is 12.1. The number of aromatic hydroxyl groups is 1. The first-order chi connectivity index (χ1) is 17.7. The molecule has 11 heteroatoms. The molecule has 0 aliphatic carbocycles. The van der Waals surface area contributed by atoms with Crippen LogP contribution in [-0.2, 0) is 0 Å². The van der Waals surface area contributed by atoms with Crippen LogP contribution in [0, 0.1) is 19.7 Å². The predicted molar refractivity (Wildman–Crippen MR) is 139 cm³/mol. The molecule has 0 bridgehead atoms. The van der Waals surface area contributed by atoms with Crippen molar-refractivity contribution in [1.82, 2.24) is 30.0 Å². The summed E-state index contributed by atoms with van der Waals surface area (Å²) in [5, 5.41) is 17.1. The number of aromatic nitrogens is 5. The van der Waals surface area contributed by atoms with Crippen LogP contribution in [0.4, 0.5) is 4.39 Å². The van der Waals surface area contributed by atoms with E-state index in [4.69, 9.17) is 23.2 Å². The second-order valence-electron chi connectivity index (χ2n) is 8.59. The molecule has 0 spiro atoms. The topological polar surface area (TPSA) is 109 Å². The van der Waals surface area contributed by atoms with Gasteiger partial charge in [0.15, 0.2) is 11.6 Å². The van der Waals surface area contributed by atoms with E-state index in [1.807, 2.05) is 25.1 Å². The van der Waals surface area contributed by atoms with Crippen LogP contribution in [0.25, 0.3) is 16.7 Å². The van der Waals surface area contributed by atoms with Crippen LogP contribution in [0.2, 0.25) is 10.0 Å². The molecule has 0 saturated heterocycles. The van der Waals surface area contributed by atoms with Crippen LogP contribution in [0.5, 0.6) is 5.75 Å². The number of benzene rings is 3. The largest absolute Gasteiger partial charge is 0.505 e. The molecule has 2 heterocycles. The molecular formula is C26H21Cl2FN6O2. The van der Waals surface area contributed by atoms with Crippen LogP contribution in [0.15, 0.2) is 54.9 Å². The molecule has 5 rings (SSSR count). The van der Waals surface area contributed by atoms with Crippen molar-refractivity contribution in [1.29, 1.82) is 0 Å². The van der Waals surface area contributed by atoms with Gasteiger partial charge in [-0.05, 0) is 61.4 Å². The third-order valence-electron chi connectivity index (χ3n) is 5.99. The Labute approximate surface area is 221 Å². The standard InChI is InChI=1S/C26H21Cl2FN6O2/c1-13-31-12-35(34-13)17-9-19(27)25(20(28)10-17)26(37)30-11-18(15-4-6-24(36)21(29)7-15)16-3-5-22-23(8-16)33-14(2)32-22/h3-10,12,18,36H,11H2,1-2H3,(H,30,37)(H,32,33)/t18-/m0/s1. The fourth-order valence-corrected chi connectivity index (χ4v) is 4.85. The average Bonchev–Trinajstić information content (AvgIpc) is 3.45. The van der Waals surface area contributed by atoms with Crippen molar-refractivity contribution in [2.75, 3.05) is 6.54 Å². The summed E-state index contributed by atoms with van der Waals surface area (Å²) in [7, 11) is 0. The lowest BCUT2D eigenvalue weighted by atomic mass is 9.90. The van der Waals surface area contributed by atoms with Crippen molar-refractivity contribution in [3.63, 3.8) is 0 Å². The molecule has 3 aromatic carbocycles. The van der Waals surface area contributed by atoms with E-state index in [-0.39, 0.29) is 22.2 Å². The lowest BCUT2D eigenvalue weighted by Gasteiger charge is -2.20. The van der Waals surface area contributed by atoms with Gasteiger partial charge in [-0.1, -0.05) is 35.3 Å². The Morgan fingerprint density at radius 2 is 1.81 bits per heavy atom. The molecule has 2 aromatic heterocycles. The Kier molecular flexibility index (Phi) is 6.57. The van der Waals surface area contributed by atoms with Gasteiger partial charge in [-0.3, -0.25) is 4.79 Å². The van der Waals surface area contributed by atoms with Gasteiger partial charge in [-0.25, -0.2) is 19.0 Å². The maximum atomic E-state index is 14.3. The highest BCUT2D eigenvalue weighted by Gasteiger charge is 2.22. The quantitative estimate of drug-likeness (QED) is 0.265. The predicted octanol–water partition coefficient (Wildman–Crippen LogP) is 5.47. The Bertz CT molecular complexity index is 1620. The second kappa shape index (κ2) is 9.84. The van der Waals surface area contributed by atoms with Gasteiger partial charge in [0.05, 0.1) is 32.3 Å². The van der Waals surface area contributed by atoms with Crippen molar-refractivity contribution < 1.29 is 14.3 Å². The molecule has 0 radical (unpaired) electrons. The van der Waals surface area contributed by atoms with Crippen LogP contribution in [0.3, 0.4) is 0 Å². The minimum absolute atomic E-state index is 0.109. The molecule has 1 atom stereocenters. The zero-order valence-electron chi connectivity index (χ0n) is 19.8. The number of fused-ring (bicyclic) bond motifs is 1. The first-order valence-electron chi connectivity index (χ1n) is 11.3. The number of amides is 1. The van der Waals surface area contributed by atoms with Crippen LogP contribution >= 0.6 is 23.2 Å². The van der Waals surface area contributed by atoms with E-state index >= 15 is 0 Å². The van der Waals surface area contributed by atoms with Gasteiger partial charge in [0.1, 0.15) is 18.0 Å². The lowest BCUT2D eigenvalue weighted by Crippen LogP contribution is -2.29. The van der Waals surface area contributed by atoms with Gasteiger partial charge < -0.3 is 15.4 Å². The maximum absolute atomic E-state index is 14.3. The number of phenolic OH excluding ortho intramolecular Hbond substituents is 1. The van der Waals surface area contributed by atoms with Crippen LogP contribution in [-0.4, -0.2) is 42.3 Å². The van der Waals surface area contributed by atoms with Crippen LogP contribution < -0.4 is 5.32 Å². The Balaban J connectivity index is 1.45. The van der Waals surface area contributed by atoms with E-state index in [2.05, 4.69) is 25.4 Å². The van der Waals surface area contributed by atoms with Crippen molar-refractivity contribution in [2.45, 2.75) is 19.8 Å². The molecule has 8 nitrogen and oxygen atoms in total.